The topological polar surface area (TPSA) is 52.3 Å². The van der Waals surface area contributed by atoms with E-state index in [0.29, 0.717) is 17.3 Å². The van der Waals surface area contributed by atoms with Crippen molar-refractivity contribution in [3.05, 3.63) is 77.3 Å². The molecule has 0 bridgehead atoms. The lowest BCUT2D eigenvalue weighted by Crippen LogP contribution is -2.06. The number of aromatic nitrogens is 1. The van der Waals surface area contributed by atoms with Crippen LogP contribution in [0.15, 0.2) is 63.9 Å². The molecule has 1 aromatic heterocycles. The Hall–Kier alpha value is -2.79. The number of hydrogen-bond donors (Lipinski definition) is 0. The van der Waals surface area contributed by atoms with Crippen LogP contribution >= 0.6 is 11.8 Å². The van der Waals surface area contributed by atoms with Gasteiger partial charge in [-0.3, -0.25) is 4.79 Å². The van der Waals surface area contributed by atoms with Crippen molar-refractivity contribution in [2.75, 3.05) is 7.11 Å². The molecular weight excluding hydrogens is 358 g/mol. The largest absolute Gasteiger partial charge is 0.469 e. The number of nitrogens with zero attached hydrogens (tertiary/aromatic N) is 1. The maximum Gasteiger partial charge on any atom is 0.311 e. The average Bonchev–Trinajstić information content (AvgIpc) is 3.11. The van der Waals surface area contributed by atoms with Crippen molar-refractivity contribution in [2.45, 2.75) is 23.5 Å². The van der Waals surface area contributed by atoms with Crippen LogP contribution in [0.1, 0.15) is 28.0 Å². The van der Waals surface area contributed by atoms with Crippen molar-refractivity contribution in [2.24, 2.45) is 0 Å². The number of esters is 1. The number of carbonyl (C=O) groups is 1. The van der Waals surface area contributed by atoms with Gasteiger partial charge in [0.1, 0.15) is 5.25 Å². The van der Waals surface area contributed by atoms with Gasteiger partial charge >= 0.3 is 5.97 Å². The summed E-state index contributed by atoms with van der Waals surface area (Å²) in [6, 6.07) is 16.2. The zero-order valence-electron chi connectivity index (χ0n) is 15.1. The van der Waals surface area contributed by atoms with Crippen LogP contribution in [0, 0.1) is 6.92 Å². The van der Waals surface area contributed by atoms with Gasteiger partial charge in [0, 0.05) is 10.5 Å². The zero-order valence-corrected chi connectivity index (χ0v) is 16.0. The quantitative estimate of drug-likeness (QED) is 0.583. The highest BCUT2D eigenvalue weighted by Crippen LogP contribution is 2.43. The van der Waals surface area contributed by atoms with E-state index in [0.717, 1.165) is 11.1 Å². The fraction of sp³-hybridized carbons (Fsp3) is 0.182. The first-order valence-corrected chi connectivity index (χ1v) is 9.59. The zero-order chi connectivity index (χ0) is 18.8. The fourth-order valence-electron chi connectivity index (χ4n) is 2.98. The number of ether oxygens (including phenoxy) is 1. The number of methoxy groups -OCH3 is 1. The highest BCUT2D eigenvalue weighted by Gasteiger charge is 2.25. The number of benzene rings is 2. The van der Waals surface area contributed by atoms with Crippen molar-refractivity contribution in [1.82, 2.24) is 4.98 Å². The molecule has 3 aromatic rings. The first kappa shape index (κ1) is 17.6. The van der Waals surface area contributed by atoms with E-state index in [1.54, 1.807) is 11.8 Å². The predicted molar refractivity (Wildman–Crippen MR) is 106 cm³/mol. The van der Waals surface area contributed by atoms with Crippen LogP contribution in [0.5, 0.6) is 0 Å². The van der Waals surface area contributed by atoms with Gasteiger partial charge in [-0.1, -0.05) is 60.2 Å². The van der Waals surface area contributed by atoms with E-state index in [2.05, 4.69) is 29.3 Å². The molecular formula is C22H19NO3S. The van der Waals surface area contributed by atoms with Crippen molar-refractivity contribution in [3.8, 4) is 11.3 Å². The number of thioether (sulfide) groups is 1. The molecule has 2 heterocycles. The van der Waals surface area contributed by atoms with Gasteiger partial charge in [-0.05, 0) is 18.6 Å². The van der Waals surface area contributed by atoms with Gasteiger partial charge in [-0.25, -0.2) is 4.98 Å². The number of hydrogen-bond acceptors (Lipinski definition) is 5. The third kappa shape index (κ3) is 3.69. The first-order chi connectivity index (χ1) is 13.1. The van der Waals surface area contributed by atoms with Crippen molar-refractivity contribution < 1.29 is 13.9 Å². The summed E-state index contributed by atoms with van der Waals surface area (Å²) in [5.74, 6) is 0.892. The third-order valence-electron chi connectivity index (χ3n) is 4.43. The Labute approximate surface area is 162 Å². The molecule has 0 saturated carbocycles. The van der Waals surface area contributed by atoms with E-state index in [9.17, 15) is 4.79 Å². The van der Waals surface area contributed by atoms with Gasteiger partial charge < -0.3 is 9.15 Å². The summed E-state index contributed by atoms with van der Waals surface area (Å²) in [7, 11) is 1.38. The molecule has 0 saturated heterocycles. The lowest BCUT2D eigenvalue weighted by atomic mass is 10.1. The van der Waals surface area contributed by atoms with Gasteiger partial charge in [0.2, 0.25) is 5.89 Å². The minimum Gasteiger partial charge on any atom is -0.469 e. The standard InChI is InChI=1S/C22H19NO3S/c1-14-7-9-16(10-8-14)21-17(13-20(24)25-2)23-22(26-21)19-12-11-15-5-3-4-6-18(15)27-19/h3-12,19H,13H2,1-2H3. The Balaban J connectivity index is 1.71. The van der Waals surface area contributed by atoms with Crippen LogP contribution in [0.4, 0.5) is 0 Å². The Bertz CT molecular complexity index is 1000. The van der Waals surface area contributed by atoms with E-state index in [4.69, 9.17) is 9.15 Å². The molecule has 136 valence electrons. The average molecular weight is 377 g/mol. The number of fused-ring (bicyclic) bond motifs is 1. The molecule has 0 aliphatic carbocycles. The molecule has 0 amide bonds. The first-order valence-electron chi connectivity index (χ1n) is 8.71. The number of aryl methyl sites for hydroxylation is 1. The smallest absolute Gasteiger partial charge is 0.311 e. The minimum atomic E-state index is -0.333. The molecule has 1 aliphatic heterocycles. The summed E-state index contributed by atoms with van der Waals surface area (Å²) < 4.78 is 11.0. The second-order valence-corrected chi connectivity index (χ2v) is 7.57. The monoisotopic (exact) mass is 377 g/mol. The molecule has 0 spiro atoms. The molecule has 1 atom stereocenters. The summed E-state index contributed by atoms with van der Waals surface area (Å²) in [4.78, 5) is 17.7. The number of carbonyl (C=O) groups excluding carboxylic acids is 1. The van der Waals surface area contributed by atoms with Crippen LogP contribution in [0.25, 0.3) is 17.4 Å². The molecule has 0 radical (unpaired) electrons. The van der Waals surface area contributed by atoms with Crippen molar-refractivity contribution in [1.29, 1.82) is 0 Å². The second-order valence-electron chi connectivity index (χ2n) is 6.38. The SMILES string of the molecule is COC(=O)Cc1nc(C2C=Cc3ccccc3S2)oc1-c1ccc(C)cc1. The number of oxazole rings is 1. The van der Waals surface area contributed by atoms with E-state index in [1.165, 1.54) is 17.6 Å². The van der Waals surface area contributed by atoms with Crippen molar-refractivity contribution in [3.63, 3.8) is 0 Å². The van der Waals surface area contributed by atoms with Crippen LogP contribution < -0.4 is 0 Å². The Morgan fingerprint density at radius 3 is 2.74 bits per heavy atom. The summed E-state index contributed by atoms with van der Waals surface area (Å²) >= 11 is 1.70. The van der Waals surface area contributed by atoms with Gasteiger partial charge in [0.15, 0.2) is 5.76 Å². The Morgan fingerprint density at radius 2 is 1.96 bits per heavy atom. The highest BCUT2D eigenvalue weighted by molar-refractivity contribution is 7.99. The molecule has 4 rings (SSSR count). The van der Waals surface area contributed by atoms with E-state index >= 15 is 0 Å². The van der Waals surface area contributed by atoms with Crippen LogP contribution in [0.2, 0.25) is 0 Å². The van der Waals surface area contributed by atoms with E-state index in [1.807, 2.05) is 43.3 Å². The van der Waals surface area contributed by atoms with Crippen LogP contribution in [-0.4, -0.2) is 18.1 Å². The number of rotatable bonds is 4. The summed E-state index contributed by atoms with van der Waals surface area (Å²) in [5.41, 5.74) is 3.87. The van der Waals surface area contributed by atoms with Crippen LogP contribution in [0.3, 0.4) is 0 Å². The maximum atomic E-state index is 11.8. The fourth-order valence-corrected chi connectivity index (χ4v) is 4.04. The molecule has 0 N–H and O–H groups in total. The lowest BCUT2D eigenvalue weighted by Gasteiger charge is -2.15. The lowest BCUT2D eigenvalue weighted by molar-refractivity contribution is -0.139. The molecule has 5 heteroatoms. The normalized spacial score (nSPS) is 15.4. The summed E-state index contributed by atoms with van der Waals surface area (Å²) in [6.45, 7) is 2.03. The summed E-state index contributed by atoms with van der Waals surface area (Å²) in [6.07, 6.45) is 4.26. The highest BCUT2D eigenvalue weighted by atomic mass is 32.2. The van der Waals surface area contributed by atoms with Crippen LogP contribution in [-0.2, 0) is 16.0 Å². The van der Waals surface area contributed by atoms with Gasteiger partial charge in [0.25, 0.3) is 0 Å². The Kier molecular flexibility index (Phi) is 4.86. The van der Waals surface area contributed by atoms with Gasteiger partial charge in [0.05, 0.1) is 19.2 Å². The molecule has 2 aromatic carbocycles. The Morgan fingerprint density at radius 1 is 1.19 bits per heavy atom. The minimum absolute atomic E-state index is 0.0319. The van der Waals surface area contributed by atoms with E-state index in [-0.39, 0.29) is 17.6 Å². The molecule has 1 aliphatic rings. The molecule has 1 unspecified atom stereocenters. The summed E-state index contributed by atoms with van der Waals surface area (Å²) in [5, 5.41) is -0.0319. The van der Waals surface area contributed by atoms with Crippen molar-refractivity contribution >= 4 is 23.8 Å². The van der Waals surface area contributed by atoms with Gasteiger partial charge in [-0.15, -0.1) is 11.8 Å². The maximum absolute atomic E-state index is 11.8. The van der Waals surface area contributed by atoms with Gasteiger partial charge in [-0.2, -0.15) is 0 Å². The third-order valence-corrected chi connectivity index (χ3v) is 5.67. The molecule has 27 heavy (non-hydrogen) atoms. The molecule has 0 fully saturated rings. The second kappa shape index (κ2) is 7.45. The predicted octanol–water partition coefficient (Wildman–Crippen LogP) is 5.23. The van der Waals surface area contributed by atoms with E-state index < -0.39 is 0 Å². The molecule has 4 nitrogen and oxygen atoms in total.